The maximum atomic E-state index is 13.1. The van der Waals surface area contributed by atoms with Crippen LogP contribution in [-0.2, 0) is 23.0 Å². The number of pyridine rings is 1. The molecule has 1 aromatic carbocycles. The molecular formula is C20H22N4O5S. The van der Waals surface area contributed by atoms with Gasteiger partial charge < -0.3 is 14.0 Å². The van der Waals surface area contributed by atoms with Crippen molar-refractivity contribution >= 4 is 26.8 Å². The molecule has 5 rings (SSSR count). The van der Waals surface area contributed by atoms with E-state index in [9.17, 15) is 8.42 Å². The minimum Gasteiger partial charge on any atom is -0.492 e. The summed E-state index contributed by atoms with van der Waals surface area (Å²) < 4.78 is 45.0. The Bertz CT molecular complexity index is 1200. The van der Waals surface area contributed by atoms with E-state index in [0.29, 0.717) is 36.3 Å². The van der Waals surface area contributed by atoms with Crippen LogP contribution in [0.25, 0.3) is 11.0 Å². The lowest BCUT2D eigenvalue weighted by atomic mass is 10.2. The van der Waals surface area contributed by atoms with Crippen LogP contribution in [-0.4, -0.2) is 50.3 Å². The predicted molar refractivity (Wildman–Crippen MR) is 109 cm³/mol. The molecule has 2 aliphatic rings. The van der Waals surface area contributed by atoms with Gasteiger partial charge in [0.25, 0.3) is 10.0 Å². The van der Waals surface area contributed by atoms with Crippen molar-refractivity contribution in [1.82, 2.24) is 15.0 Å². The van der Waals surface area contributed by atoms with Gasteiger partial charge in [0.2, 0.25) is 5.88 Å². The van der Waals surface area contributed by atoms with Crippen LogP contribution in [0.3, 0.4) is 0 Å². The summed E-state index contributed by atoms with van der Waals surface area (Å²) in [7, 11) is -2.45. The van der Waals surface area contributed by atoms with E-state index in [0.717, 1.165) is 24.3 Å². The first-order valence-corrected chi connectivity index (χ1v) is 11.4. The second-order valence-corrected chi connectivity index (χ2v) is 9.11. The van der Waals surface area contributed by atoms with E-state index >= 15 is 0 Å². The normalized spacial score (nSPS) is 16.6. The molecule has 1 saturated heterocycles. The number of nitrogens with one attached hydrogen (secondary N) is 1. The molecule has 30 heavy (non-hydrogen) atoms. The van der Waals surface area contributed by atoms with Crippen molar-refractivity contribution in [3.05, 3.63) is 35.5 Å². The maximum absolute atomic E-state index is 13.1. The SMILES string of the molecule is COc1nc(CN2CCCC2)cc2onc(NS(=O)(=O)c3cccc4c3OCC4)c12. The zero-order valence-corrected chi connectivity index (χ0v) is 17.4. The Kier molecular flexibility index (Phi) is 4.75. The van der Waals surface area contributed by atoms with Crippen LogP contribution in [0.5, 0.6) is 11.6 Å². The summed E-state index contributed by atoms with van der Waals surface area (Å²) in [5, 5.41) is 4.33. The molecule has 0 saturated carbocycles. The van der Waals surface area contributed by atoms with Gasteiger partial charge >= 0.3 is 0 Å². The molecule has 9 nitrogen and oxygen atoms in total. The Morgan fingerprint density at radius 3 is 2.90 bits per heavy atom. The number of fused-ring (bicyclic) bond motifs is 2. The summed E-state index contributed by atoms with van der Waals surface area (Å²) in [6, 6.07) is 6.86. The number of hydrogen-bond donors (Lipinski definition) is 1. The summed E-state index contributed by atoms with van der Waals surface area (Å²) in [5.74, 6) is 0.698. The molecule has 1 fully saturated rings. The summed E-state index contributed by atoms with van der Waals surface area (Å²) in [6.07, 6.45) is 3.05. The fourth-order valence-corrected chi connectivity index (χ4v) is 5.22. The number of rotatable bonds is 6. The van der Waals surface area contributed by atoms with E-state index in [2.05, 4.69) is 19.8 Å². The number of benzene rings is 1. The number of para-hydroxylation sites is 1. The van der Waals surface area contributed by atoms with Gasteiger partial charge in [-0.2, -0.15) is 0 Å². The van der Waals surface area contributed by atoms with Crippen LogP contribution in [0.2, 0.25) is 0 Å². The van der Waals surface area contributed by atoms with Crippen molar-refractivity contribution in [2.24, 2.45) is 0 Å². The number of likely N-dealkylation sites (tertiary alicyclic amines) is 1. The lowest BCUT2D eigenvalue weighted by molar-refractivity contribution is 0.323. The fourth-order valence-electron chi connectivity index (χ4n) is 4.03. The van der Waals surface area contributed by atoms with Crippen molar-refractivity contribution in [2.45, 2.75) is 30.7 Å². The molecule has 4 heterocycles. The Labute approximate surface area is 174 Å². The highest BCUT2D eigenvalue weighted by Crippen LogP contribution is 2.36. The fraction of sp³-hybridized carbons (Fsp3) is 0.400. The molecule has 0 radical (unpaired) electrons. The van der Waals surface area contributed by atoms with Crippen molar-refractivity contribution in [3.63, 3.8) is 0 Å². The van der Waals surface area contributed by atoms with Crippen LogP contribution in [0.1, 0.15) is 24.1 Å². The zero-order valence-electron chi connectivity index (χ0n) is 16.6. The molecule has 0 bridgehead atoms. The maximum Gasteiger partial charge on any atom is 0.266 e. The number of hydrogen-bond acceptors (Lipinski definition) is 8. The average molecular weight is 430 g/mol. The molecule has 3 aromatic rings. The molecule has 0 amide bonds. The molecule has 0 unspecified atom stereocenters. The molecule has 0 atom stereocenters. The monoisotopic (exact) mass is 430 g/mol. The molecule has 158 valence electrons. The minimum atomic E-state index is -3.94. The Balaban J connectivity index is 1.50. The third-order valence-electron chi connectivity index (χ3n) is 5.45. The topological polar surface area (TPSA) is 107 Å². The summed E-state index contributed by atoms with van der Waals surface area (Å²) >= 11 is 0. The zero-order chi connectivity index (χ0) is 20.7. The van der Waals surface area contributed by atoms with E-state index in [-0.39, 0.29) is 16.6 Å². The van der Waals surface area contributed by atoms with Crippen LogP contribution < -0.4 is 14.2 Å². The van der Waals surface area contributed by atoms with Crippen molar-refractivity contribution in [1.29, 1.82) is 0 Å². The third kappa shape index (κ3) is 3.35. The first-order chi connectivity index (χ1) is 14.5. The first kappa shape index (κ1) is 19.1. The van der Waals surface area contributed by atoms with E-state index in [1.807, 2.05) is 6.07 Å². The molecule has 2 aliphatic heterocycles. The summed E-state index contributed by atoms with van der Waals surface area (Å²) in [5.41, 5.74) is 2.08. The number of sulfonamides is 1. The summed E-state index contributed by atoms with van der Waals surface area (Å²) in [4.78, 5) is 6.94. The number of aromatic nitrogens is 2. The second-order valence-electron chi connectivity index (χ2n) is 7.46. The molecule has 0 spiro atoms. The highest BCUT2D eigenvalue weighted by molar-refractivity contribution is 7.92. The third-order valence-corrected chi connectivity index (χ3v) is 6.81. The predicted octanol–water partition coefficient (Wildman–Crippen LogP) is 2.56. The van der Waals surface area contributed by atoms with Gasteiger partial charge in [0.1, 0.15) is 16.0 Å². The number of nitrogens with zero attached hydrogens (tertiary/aromatic N) is 3. The Morgan fingerprint density at radius 2 is 2.10 bits per heavy atom. The number of anilines is 1. The van der Waals surface area contributed by atoms with Crippen molar-refractivity contribution < 1.29 is 22.4 Å². The smallest absolute Gasteiger partial charge is 0.266 e. The van der Waals surface area contributed by atoms with Gasteiger partial charge in [0, 0.05) is 19.0 Å². The molecule has 1 N–H and O–H groups in total. The molecule has 2 aromatic heterocycles. The summed E-state index contributed by atoms with van der Waals surface area (Å²) in [6.45, 7) is 3.22. The standard InChI is InChI=1S/C20H22N4O5S/c1-27-20-17-15(11-14(21-20)12-24-8-2-3-9-24)29-22-19(17)23-30(25,26)16-6-4-5-13-7-10-28-18(13)16/h4-6,11H,2-3,7-10,12H2,1H3,(H,22,23). The molecular weight excluding hydrogens is 408 g/mol. The highest BCUT2D eigenvalue weighted by Gasteiger charge is 2.28. The van der Waals surface area contributed by atoms with Gasteiger partial charge in [0.15, 0.2) is 11.4 Å². The van der Waals surface area contributed by atoms with Crippen LogP contribution in [0.4, 0.5) is 5.82 Å². The lowest BCUT2D eigenvalue weighted by Crippen LogP contribution is -2.19. The van der Waals surface area contributed by atoms with Crippen LogP contribution in [0, 0.1) is 0 Å². The minimum absolute atomic E-state index is 0.0395. The van der Waals surface area contributed by atoms with Gasteiger partial charge in [0.05, 0.1) is 19.4 Å². The molecule has 10 heteroatoms. The van der Waals surface area contributed by atoms with E-state index < -0.39 is 10.0 Å². The highest BCUT2D eigenvalue weighted by atomic mass is 32.2. The van der Waals surface area contributed by atoms with Gasteiger partial charge in [-0.25, -0.2) is 13.4 Å². The number of methoxy groups -OCH3 is 1. The van der Waals surface area contributed by atoms with Crippen LogP contribution >= 0.6 is 0 Å². The average Bonchev–Trinajstić information content (AvgIpc) is 3.48. The Morgan fingerprint density at radius 1 is 1.27 bits per heavy atom. The van der Waals surface area contributed by atoms with Gasteiger partial charge in [-0.3, -0.25) is 9.62 Å². The Hall–Kier alpha value is -2.85. The van der Waals surface area contributed by atoms with Crippen LogP contribution in [0.15, 0.2) is 33.7 Å². The van der Waals surface area contributed by atoms with Gasteiger partial charge in [-0.05, 0) is 37.6 Å². The van der Waals surface area contributed by atoms with Gasteiger partial charge in [-0.1, -0.05) is 17.3 Å². The quantitative estimate of drug-likeness (QED) is 0.636. The lowest BCUT2D eigenvalue weighted by Gasteiger charge is -2.14. The van der Waals surface area contributed by atoms with E-state index in [1.165, 1.54) is 26.0 Å². The second kappa shape index (κ2) is 7.44. The van der Waals surface area contributed by atoms with E-state index in [4.69, 9.17) is 14.0 Å². The van der Waals surface area contributed by atoms with E-state index in [1.54, 1.807) is 12.1 Å². The van der Waals surface area contributed by atoms with Gasteiger partial charge in [-0.15, -0.1) is 0 Å². The first-order valence-electron chi connectivity index (χ1n) is 9.88. The number of ether oxygens (including phenoxy) is 2. The molecule has 0 aliphatic carbocycles. The largest absolute Gasteiger partial charge is 0.492 e. The van der Waals surface area contributed by atoms with Crippen molar-refractivity contribution in [2.75, 3.05) is 31.5 Å². The van der Waals surface area contributed by atoms with Crippen molar-refractivity contribution in [3.8, 4) is 11.6 Å².